The molecule has 0 aliphatic heterocycles. The largest absolute Gasteiger partial charge is 0.497 e. The average molecular weight is 456 g/mol. The Balaban J connectivity index is 2.11. The average Bonchev–Trinajstić information content (AvgIpc) is 3.13. The maximum atomic E-state index is 13.5. The molecule has 1 heterocycles. The number of aromatic nitrogens is 2. The van der Waals surface area contributed by atoms with Crippen LogP contribution in [0.2, 0.25) is 0 Å². The van der Waals surface area contributed by atoms with Crippen LogP contribution in [-0.2, 0) is 16.1 Å². The van der Waals surface area contributed by atoms with Gasteiger partial charge in [0.25, 0.3) is 0 Å². The molecule has 0 atom stereocenters. The van der Waals surface area contributed by atoms with Gasteiger partial charge in [-0.15, -0.1) is 0 Å². The van der Waals surface area contributed by atoms with Crippen molar-refractivity contribution in [3.63, 3.8) is 0 Å². The summed E-state index contributed by atoms with van der Waals surface area (Å²) in [6.45, 7) is 5.20. The van der Waals surface area contributed by atoms with E-state index in [1.54, 1.807) is 51.1 Å². The fourth-order valence-corrected chi connectivity index (χ4v) is 3.41. The van der Waals surface area contributed by atoms with Crippen LogP contribution in [0, 0.1) is 0 Å². The summed E-state index contributed by atoms with van der Waals surface area (Å²) in [6.07, 6.45) is 0. The van der Waals surface area contributed by atoms with Gasteiger partial charge in [0, 0.05) is 17.0 Å². The molecule has 1 aromatic heterocycles. The summed E-state index contributed by atoms with van der Waals surface area (Å²) in [5.41, 5.74) is 0.387. The highest BCUT2D eigenvalue weighted by Crippen LogP contribution is 2.39. The van der Waals surface area contributed by atoms with E-state index in [1.807, 2.05) is 0 Å². The Bertz CT molecular complexity index is 1170. The first-order valence-corrected chi connectivity index (χ1v) is 10.2. The summed E-state index contributed by atoms with van der Waals surface area (Å²) in [7, 11) is 5.98. The Kier molecular flexibility index (Phi) is 6.81. The van der Waals surface area contributed by atoms with Gasteiger partial charge in [0.15, 0.2) is 11.5 Å². The van der Waals surface area contributed by atoms with Gasteiger partial charge < -0.3 is 23.7 Å². The molecule has 9 heteroatoms. The molecular weight excluding hydrogens is 428 g/mol. The lowest BCUT2D eigenvalue weighted by Crippen LogP contribution is -2.26. The van der Waals surface area contributed by atoms with Gasteiger partial charge in [0.1, 0.15) is 23.6 Å². The lowest BCUT2D eigenvalue weighted by molar-refractivity contribution is -0.155. The van der Waals surface area contributed by atoms with Gasteiger partial charge in [-0.05, 0) is 45.0 Å². The van der Waals surface area contributed by atoms with Gasteiger partial charge in [0.2, 0.25) is 11.5 Å². The van der Waals surface area contributed by atoms with Gasteiger partial charge in [-0.1, -0.05) is 0 Å². The van der Waals surface area contributed by atoms with Crippen molar-refractivity contribution >= 4 is 22.7 Å². The van der Waals surface area contributed by atoms with E-state index < -0.39 is 11.6 Å². The van der Waals surface area contributed by atoms with E-state index in [4.69, 9.17) is 23.7 Å². The van der Waals surface area contributed by atoms with Crippen LogP contribution in [0.5, 0.6) is 23.0 Å². The topological polar surface area (TPSA) is 98.1 Å². The zero-order chi connectivity index (χ0) is 24.3. The maximum Gasteiger partial charge on any atom is 0.328 e. The smallest absolute Gasteiger partial charge is 0.328 e. The number of rotatable bonds is 8. The number of nitrogens with zero attached hydrogens (tertiary/aromatic N) is 2. The number of fused-ring (bicyclic) bond motifs is 1. The minimum absolute atomic E-state index is 0.163. The van der Waals surface area contributed by atoms with E-state index in [9.17, 15) is 9.59 Å². The van der Waals surface area contributed by atoms with E-state index in [-0.39, 0.29) is 18.0 Å². The van der Waals surface area contributed by atoms with Crippen LogP contribution in [0.3, 0.4) is 0 Å². The Morgan fingerprint density at radius 2 is 1.55 bits per heavy atom. The zero-order valence-electron chi connectivity index (χ0n) is 19.8. The number of carbonyl (C=O) groups excluding carboxylic acids is 2. The summed E-state index contributed by atoms with van der Waals surface area (Å²) in [4.78, 5) is 26.0. The number of hydrogen-bond acceptors (Lipinski definition) is 8. The fraction of sp³-hybridized carbons (Fsp3) is 0.375. The van der Waals surface area contributed by atoms with E-state index in [0.29, 0.717) is 39.5 Å². The maximum absolute atomic E-state index is 13.5. The van der Waals surface area contributed by atoms with Gasteiger partial charge in [-0.3, -0.25) is 14.3 Å². The molecule has 33 heavy (non-hydrogen) atoms. The predicted octanol–water partition coefficient (Wildman–Crippen LogP) is 3.64. The molecule has 0 saturated carbocycles. The summed E-state index contributed by atoms with van der Waals surface area (Å²) < 4.78 is 28.2. The van der Waals surface area contributed by atoms with Crippen molar-refractivity contribution in [3.8, 4) is 23.0 Å². The lowest BCUT2D eigenvalue weighted by Gasteiger charge is -2.19. The van der Waals surface area contributed by atoms with Crippen molar-refractivity contribution in [2.45, 2.75) is 32.9 Å². The molecule has 0 spiro atoms. The quantitative estimate of drug-likeness (QED) is 0.374. The Morgan fingerprint density at radius 1 is 0.909 bits per heavy atom. The van der Waals surface area contributed by atoms with Crippen LogP contribution < -0.4 is 18.9 Å². The SMILES string of the molecule is COc1ccc2c(C(=O)c3cc(OC)c(OC)c(OC)c3)nn(CC(=O)OC(C)(C)C)c2c1. The van der Waals surface area contributed by atoms with Crippen LogP contribution in [0.4, 0.5) is 0 Å². The van der Waals surface area contributed by atoms with Gasteiger partial charge in [0.05, 0.1) is 34.0 Å². The van der Waals surface area contributed by atoms with Crippen LogP contribution in [-0.4, -0.2) is 55.6 Å². The van der Waals surface area contributed by atoms with E-state index in [0.717, 1.165) is 0 Å². The highest BCUT2D eigenvalue weighted by molar-refractivity contribution is 6.15. The number of ketones is 1. The molecule has 9 nitrogen and oxygen atoms in total. The third kappa shape index (κ3) is 5.02. The molecule has 0 unspecified atom stereocenters. The molecule has 0 fully saturated rings. The third-order valence-corrected chi connectivity index (χ3v) is 4.80. The van der Waals surface area contributed by atoms with Crippen molar-refractivity contribution in [2.75, 3.05) is 28.4 Å². The highest BCUT2D eigenvalue weighted by atomic mass is 16.6. The standard InChI is InChI=1S/C24H28N2O7/c1-24(2,3)33-20(27)13-26-17-12-15(29-4)8-9-16(17)21(25-26)22(28)14-10-18(30-5)23(32-7)19(11-14)31-6/h8-12H,13H2,1-7H3. The van der Waals surface area contributed by atoms with Crippen molar-refractivity contribution < 1.29 is 33.3 Å². The number of hydrogen-bond donors (Lipinski definition) is 0. The molecule has 176 valence electrons. The molecule has 0 radical (unpaired) electrons. The molecule has 0 aliphatic rings. The molecule has 3 rings (SSSR count). The molecule has 3 aromatic rings. The van der Waals surface area contributed by atoms with E-state index in [2.05, 4.69) is 5.10 Å². The molecule has 0 aliphatic carbocycles. The van der Waals surface area contributed by atoms with Crippen molar-refractivity contribution in [1.82, 2.24) is 9.78 Å². The summed E-state index contributed by atoms with van der Waals surface area (Å²) in [5, 5.41) is 5.03. The van der Waals surface area contributed by atoms with E-state index >= 15 is 0 Å². The van der Waals surface area contributed by atoms with Gasteiger partial charge in [-0.2, -0.15) is 5.10 Å². The Morgan fingerprint density at radius 3 is 2.06 bits per heavy atom. The van der Waals surface area contributed by atoms with Crippen LogP contribution >= 0.6 is 0 Å². The van der Waals surface area contributed by atoms with Gasteiger partial charge >= 0.3 is 5.97 Å². The highest BCUT2D eigenvalue weighted by Gasteiger charge is 2.25. The summed E-state index contributed by atoms with van der Waals surface area (Å²) in [6, 6.07) is 8.31. The number of methoxy groups -OCH3 is 4. The number of ether oxygens (including phenoxy) is 5. The Labute approximate surface area is 192 Å². The number of benzene rings is 2. The molecule has 0 N–H and O–H groups in total. The molecule has 0 saturated heterocycles. The first-order chi connectivity index (χ1) is 15.6. The second kappa shape index (κ2) is 9.40. The van der Waals surface area contributed by atoms with Crippen molar-refractivity contribution in [3.05, 3.63) is 41.6 Å². The minimum atomic E-state index is -0.646. The summed E-state index contributed by atoms with van der Waals surface area (Å²) in [5.74, 6) is 0.800. The second-order valence-electron chi connectivity index (χ2n) is 8.22. The van der Waals surface area contributed by atoms with E-state index in [1.165, 1.54) is 33.1 Å². The zero-order valence-corrected chi connectivity index (χ0v) is 19.8. The van der Waals surface area contributed by atoms with Crippen LogP contribution in [0.1, 0.15) is 36.8 Å². The number of carbonyl (C=O) groups is 2. The third-order valence-electron chi connectivity index (χ3n) is 4.80. The minimum Gasteiger partial charge on any atom is -0.497 e. The normalized spacial score (nSPS) is 11.2. The van der Waals surface area contributed by atoms with Crippen molar-refractivity contribution in [2.24, 2.45) is 0 Å². The first-order valence-electron chi connectivity index (χ1n) is 10.2. The lowest BCUT2D eigenvalue weighted by atomic mass is 10.0. The van der Waals surface area contributed by atoms with Crippen molar-refractivity contribution in [1.29, 1.82) is 0 Å². The Hall–Kier alpha value is -3.75. The molecule has 2 aromatic carbocycles. The van der Waals surface area contributed by atoms with Gasteiger partial charge in [-0.25, -0.2) is 0 Å². The molecule has 0 amide bonds. The molecular formula is C24H28N2O7. The summed E-state index contributed by atoms with van der Waals surface area (Å²) >= 11 is 0. The first kappa shape index (κ1) is 23.9. The number of esters is 1. The molecule has 0 bridgehead atoms. The fourth-order valence-electron chi connectivity index (χ4n) is 3.41. The van der Waals surface area contributed by atoms with Crippen LogP contribution in [0.25, 0.3) is 10.9 Å². The second-order valence-corrected chi connectivity index (χ2v) is 8.22. The van der Waals surface area contributed by atoms with Crippen LogP contribution in [0.15, 0.2) is 30.3 Å². The monoisotopic (exact) mass is 456 g/mol. The predicted molar refractivity (Wildman–Crippen MR) is 122 cm³/mol.